The molecule has 134 valence electrons. The summed E-state index contributed by atoms with van der Waals surface area (Å²) in [5.41, 5.74) is 3.19. The molecule has 0 saturated heterocycles. The van der Waals surface area contributed by atoms with Gasteiger partial charge in [-0.05, 0) is 48.0 Å². The van der Waals surface area contributed by atoms with Gasteiger partial charge in [-0.25, -0.2) is 9.37 Å². The molecule has 0 saturated carbocycles. The average Bonchev–Trinajstić information content (AvgIpc) is 3.18. The first-order chi connectivity index (χ1) is 13.2. The minimum atomic E-state index is -0.263. The van der Waals surface area contributed by atoms with Crippen LogP contribution < -0.4 is 5.32 Å². The second-order valence-electron chi connectivity index (χ2n) is 5.97. The van der Waals surface area contributed by atoms with E-state index in [1.807, 2.05) is 30.5 Å². The molecule has 2 heterocycles. The van der Waals surface area contributed by atoms with Gasteiger partial charge < -0.3 is 10.3 Å². The number of amides is 1. The van der Waals surface area contributed by atoms with Gasteiger partial charge in [0.15, 0.2) is 0 Å². The van der Waals surface area contributed by atoms with Crippen molar-refractivity contribution in [3.8, 4) is 0 Å². The molecule has 1 amide bonds. The lowest BCUT2D eigenvalue weighted by molar-refractivity contribution is 0.102. The van der Waals surface area contributed by atoms with Crippen LogP contribution in [-0.2, 0) is 5.75 Å². The van der Waals surface area contributed by atoms with E-state index in [1.54, 1.807) is 30.5 Å². The number of nitrogens with zero attached hydrogens (tertiary/aromatic N) is 1. The van der Waals surface area contributed by atoms with Gasteiger partial charge in [-0.1, -0.05) is 18.2 Å². The van der Waals surface area contributed by atoms with Gasteiger partial charge >= 0.3 is 0 Å². The Kier molecular flexibility index (Phi) is 4.89. The average molecular weight is 377 g/mol. The highest BCUT2D eigenvalue weighted by Gasteiger charge is 2.14. The fourth-order valence-electron chi connectivity index (χ4n) is 2.80. The van der Waals surface area contributed by atoms with E-state index in [0.717, 1.165) is 22.2 Å². The molecular formula is C21H16FN3OS. The van der Waals surface area contributed by atoms with E-state index in [4.69, 9.17) is 0 Å². The van der Waals surface area contributed by atoms with Gasteiger partial charge in [0, 0.05) is 29.0 Å². The molecule has 0 unspecified atom stereocenters. The van der Waals surface area contributed by atoms with E-state index >= 15 is 0 Å². The fourth-order valence-corrected chi connectivity index (χ4v) is 3.74. The number of anilines is 1. The lowest BCUT2D eigenvalue weighted by atomic mass is 10.2. The van der Waals surface area contributed by atoms with Crippen LogP contribution in [0.2, 0.25) is 0 Å². The standard InChI is InChI=1S/C21H16FN3OS/c22-15-8-6-14(7-9-15)13-27-21-17(3-2-11-24-21)20(26)25-19-5-1-4-18-16(19)10-12-23-18/h1-12,23H,13H2,(H,25,26). The molecule has 0 radical (unpaired) electrons. The van der Waals surface area contributed by atoms with Gasteiger partial charge in [0.25, 0.3) is 5.91 Å². The number of halogens is 1. The summed E-state index contributed by atoms with van der Waals surface area (Å²) in [5.74, 6) is 0.129. The summed E-state index contributed by atoms with van der Waals surface area (Å²) in [6, 6.07) is 17.5. The Balaban J connectivity index is 1.54. The summed E-state index contributed by atoms with van der Waals surface area (Å²) in [5, 5.41) is 4.56. The SMILES string of the molecule is O=C(Nc1cccc2[nH]ccc12)c1cccnc1SCc1ccc(F)cc1. The molecule has 0 aliphatic heterocycles. The fraction of sp³-hybridized carbons (Fsp3) is 0.0476. The van der Waals surface area contributed by atoms with E-state index < -0.39 is 0 Å². The van der Waals surface area contributed by atoms with Crippen molar-refractivity contribution in [2.24, 2.45) is 0 Å². The predicted molar refractivity (Wildman–Crippen MR) is 106 cm³/mol. The predicted octanol–water partition coefficient (Wildman–Crippen LogP) is 5.25. The number of nitrogens with one attached hydrogen (secondary N) is 2. The third-order valence-electron chi connectivity index (χ3n) is 4.15. The van der Waals surface area contributed by atoms with Crippen molar-refractivity contribution in [2.45, 2.75) is 10.8 Å². The zero-order valence-electron chi connectivity index (χ0n) is 14.3. The molecule has 27 heavy (non-hydrogen) atoms. The largest absolute Gasteiger partial charge is 0.361 e. The minimum absolute atomic E-state index is 0.210. The number of carbonyl (C=O) groups excluding carboxylic acids is 1. The first kappa shape index (κ1) is 17.3. The number of pyridine rings is 1. The van der Waals surface area contributed by atoms with Crippen molar-refractivity contribution < 1.29 is 9.18 Å². The van der Waals surface area contributed by atoms with Gasteiger partial charge in [0.2, 0.25) is 0 Å². The Morgan fingerprint density at radius 2 is 1.93 bits per heavy atom. The topological polar surface area (TPSA) is 57.8 Å². The van der Waals surface area contributed by atoms with Crippen molar-refractivity contribution in [1.82, 2.24) is 9.97 Å². The van der Waals surface area contributed by atoms with Gasteiger partial charge in [0.1, 0.15) is 10.8 Å². The highest BCUT2D eigenvalue weighted by molar-refractivity contribution is 7.98. The molecule has 0 spiro atoms. The number of aromatic nitrogens is 2. The van der Waals surface area contributed by atoms with Crippen LogP contribution in [0, 0.1) is 5.82 Å². The van der Waals surface area contributed by atoms with Gasteiger partial charge in [-0.15, -0.1) is 11.8 Å². The van der Waals surface area contributed by atoms with E-state index in [9.17, 15) is 9.18 Å². The van der Waals surface area contributed by atoms with Gasteiger partial charge in [-0.2, -0.15) is 0 Å². The Morgan fingerprint density at radius 3 is 2.78 bits per heavy atom. The number of rotatable bonds is 5. The van der Waals surface area contributed by atoms with Crippen LogP contribution in [0.3, 0.4) is 0 Å². The molecule has 2 N–H and O–H groups in total. The molecule has 0 fully saturated rings. The maximum absolute atomic E-state index is 13.0. The van der Waals surface area contributed by atoms with Crippen LogP contribution >= 0.6 is 11.8 Å². The van der Waals surface area contributed by atoms with Crippen molar-refractivity contribution in [3.05, 3.63) is 90.0 Å². The maximum atomic E-state index is 13.0. The van der Waals surface area contributed by atoms with Crippen LogP contribution in [-0.4, -0.2) is 15.9 Å². The summed E-state index contributed by atoms with van der Waals surface area (Å²) in [7, 11) is 0. The summed E-state index contributed by atoms with van der Waals surface area (Å²) < 4.78 is 13.0. The highest BCUT2D eigenvalue weighted by atomic mass is 32.2. The van der Waals surface area contributed by atoms with Crippen LogP contribution in [0.15, 0.2) is 78.1 Å². The zero-order chi connectivity index (χ0) is 18.6. The Bertz CT molecular complexity index is 1090. The summed E-state index contributed by atoms with van der Waals surface area (Å²) >= 11 is 1.45. The lowest BCUT2D eigenvalue weighted by Gasteiger charge is -2.10. The first-order valence-corrected chi connectivity index (χ1v) is 9.39. The Labute approximate surface area is 159 Å². The van der Waals surface area contributed by atoms with Crippen molar-refractivity contribution in [1.29, 1.82) is 0 Å². The molecule has 0 aliphatic rings. The van der Waals surface area contributed by atoms with Gasteiger partial charge in [0.05, 0.1) is 11.3 Å². The molecule has 4 rings (SSSR count). The molecule has 6 heteroatoms. The highest BCUT2D eigenvalue weighted by Crippen LogP contribution is 2.27. The first-order valence-electron chi connectivity index (χ1n) is 8.40. The second-order valence-corrected chi connectivity index (χ2v) is 6.93. The number of thioether (sulfide) groups is 1. The lowest BCUT2D eigenvalue weighted by Crippen LogP contribution is -2.13. The van der Waals surface area contributed by atoms with Crippen molar-refractivity contribution in [3.63, 3.8) is 0 Å². The monoisotopic (exact) mass is 377 g/mol. The number of carbonyl (C=O) groups is 1. The molecule has 4 aromatic rings. The number of H-pyrrole nitrogens is 1. The van der Waals surface area contributed by atoms with Crippen LogP contribution in [0.1, 0.15) is 15.9 Å². The third kappa shape index (κ3) is 3.85. The quantitative estimate of drug-likeness (QED) is 0.467. The molecule has 2 aromatic carbocycles. The molecule has 2 aromatic heterocycles. The maximum Gasteiger partial charge on any atom is 0.258 e. The number of benzene rings is 2. The molecular weight excluding hydrogens is 361 g/mol. The molecule has 0 atom stereocenters. The number of hydrogen-bond donors (Lipinski definition) is 2. The summed E-state index contributed by atoms with van der Waals surface area (Å²) in [6.45, 7) is 0. The van der Waals surface area contributed by atoms with E-state index in [2.05, 4.69) is 15.3 Å². The summed E-state index contributed by atoms with van der Waals surface area (Å²) in [4.78, 5) is 20.3. The van der Waals surface area contributed by atoms with Crippen LogP contribution in [0.5, 0.6) is 0 Å². The smallest absolute Gasteiger partial charge is 0.258 e. The Hall–Kier alpha value is -3.12. The van der Waals surface area contributed by atoms with Crippen molar-refractivity contribution in [2.75, 3.05) is 5.32 Å². The number of fused-ring (bicyclic) bond motifs is 1. The number of aromatic amines is 1. The zero-order valence-corrected chi connectivity index (χ0v) is 15.1. The van der Waals surface area contributed by atoms with Crippen LogP contribution in [0.4, 0.5) is 10.1 Å². The minimum Gasteiger partial charge on any atom is -0.361 e. The van der Waals surface area contributed by atoms with E-state index in [0.29, 0.717) is 16.3 Å². The summed E-state index contributed by atoms with van der Waals surface area (Å²) in [6.07, 6.45) is 3.50. The van der Waals surface area contributed by atoms with Gasteiger partial charge in [-0.3, -0.25) is 4.79 Å². The van der Waals surface area contributed by atoms with E-state index in [1.165, 1.54) is 23.9 Å². The molecule has 0 aliphatic carbocycles. The molecule has 4 nitrogen and oxygen atoms in total. The number of hydrogen-bond acceptors (Lipinski definition) is 3. The molecule has 0 bridgehead atoms. The Morgan fingerprint density at radius 1 is 1.07 bits per heavy atom. The normalized spacial score (nSPS) is 10.9. The third-order valence-corrected chi connectivity index (χ3v) is 5.22. The van der Waals surface area contributed by atoms with Crippen LogP contribution in [0.25, 0.3) is 10.9 Å². The van der Waals surface area contributed by atoms with E-state index in [-0.39, 0.29) is 11.7 Å². The second kappa shape index (κ2) is 7.63. The van der Waals surface area contributed by atoms with Crippen molar-refractivity contribution >= 4 is 34.3 Å².